The van der Waals surface area contributed by atoms with Crippen LogP contribution in [-0.2, 0) is 0 Å². The van der Waals surface area contributed by atoms with E-state index >= 15 is 0 Å². The van der Waals surface area contributed by atoms with Crippen LogP contribution in [0, 0.1) is 6.92 Å². The Hall–Kier alpha value is -3.92. The highest BCUT2D eigenvalue weighted by Crippen LogP contribution is 2.31. The zero-order valence-electron chi connectivity index (χ0n) is 17.7. The number of pyridine rings is 1. The number of carbonyl (C=O) groups excluding carboxylic acids is 1. The summed E-state index contributed by atoms with van der Waals surface area (Å²) >= 11 is 0. The van der Waals surface area contributed by atoms with Crippen molar-refractivity contribution in [1.29, 1.82) is 0 Å². The van der Waals surface area contributed by atoms with Gasteiger partial charge in [0.2, 0.25) is 0 Å². The van der Waals surface area contributed by atoms with Crippen molar-refractivity contribution in [2.75, 3.05) is 17.2 Å². The van der Waals surface area contributed by atoms with Crippen molar-refractivity contribution >= 4 is 17.3 Å². The Morgan fingerprint density at radius 2 is 1.58 bits per heavy atom. The lowest BCUT2D eigenvalue weighted by atomic mass is 10.0. The number of carbonyl (C=O) groups is 1. The number of nitrogens with zero attached hydrogens (tertiary/aromatic N) is 1. The number of aryl methyl sites for hydroxylation is 1. The molecule has 4 heteroatoms. The summed E-state index contributed by atoms with van der Waals surface area (Å²) in [7, 11) is 0. The third-order valence-corrected chi connectivity index (χ3v) is 5.20. The molecule has 1 heterocycles. The lowest BCUT2D eigenvalue weighted by molar-refractivity contribution is 0.102. The van der Waals surface area contributed by atoms with E-state index in [1.807, 2.05) is 67.6 Å². The Morgan fingerprint density at radius 3 is 2.39 bits per heavy atom. The van der Waals surface area contributed by atoms with Crippen LogP contribution in [0.15, 0.2) is 91.3 Å². The second-order valence-corrected chi connectivity index (χ2v) is 7.39. The van der Waals surface area contributed by atoms with E-state index in [0.29, 0.717) is 5.56 Å². The predicted octanol–water partition coefficient (Wildman–Crippen LogP) is 6.41. The molecule has 0 fully saturated rings. The molecule has 0 aliphatic rings. The third kappa shape index (κ3) is 4.64. The van der Waals surface area contributed by atoms with Gasteiger partial charge in [-0.15, -0.1) is 0 Å². The first kappa shape index (κ1) is 20.4. The van der Waals surface area contributed by atoms with Crippen LogP contribution < -0.4 is 10.6 Å². The minimum Gasteiger partial charge on any atom is -0.385 e. The van der Waals surface area contributed by atoms with Gasteiger partial charge in [-0.1, -0.05) is 60.7 Å². The maximum absolute atomic E-state index is 13.0. The number of aromatic nitrogens is 1. The van der Waals surface area contributed by atoms with Gasteiger partial charge < -0.3 is 10.6 Å². The minimum atomic E-state index is -0.175. The normalized spacial score (nSPS) is 10.5. The van der Waals surface area contributed by atoms with Gasteiger partial charge in [-0.3, -0.25) is 9.78 Å². The molecule has 4 nitrogen and oxygen atoms in total. The third-order valence-electron chi connectivity index (χ3n) is 5.20. The van der Waals surface area contributed by atoms with Crippen LogP contribution in [-0.4, -0.2) is 17.4 Å². The quantitative estimate of drug-likeness (QED) is 0.388. The smallest absolute Gasteiger partial charge is 0.257 e. The molecule has 1 aromatic heterocycles. The first-order valence-electron chi connectivity index (χ1n) is 10.4. The van der Waals surface area contributed by atoms with Crippen molar-refractivity contribution < 1.29 is 4.79 Å². The molecule has 0 bridgehead atoms. The molecule has 0 unspecified atom stereocenters. The lowest BCUT2D eigenvalue weighted by Crippen LogP contribution is -2.13. The van der Waals surface area contributed by atoms with Crippen molar-refractivity contribution in [3.05, 3.63) is 102 Å². The summed E-state index contributed by atoms with van der Waals surface area (Å²) in [4.78, 5) is 17.3. The summed E-state index contributed by atoms with van der Waals surface area (Å²) in [6.07, 6.45) is 3.37. The fraction of sp³-hybridized carbons (Fsp3) is 0.111. The summed E-state index contributed by atoms with van der Waals surface area (Å²) in [6, 6.07) is 26.1. The Morgan fingerprint density at radius 1 is 0.806 bits per heavy atom. The van der Waals surface area contributed by atoms with E-state index in [1.54, 1.807) is 12.4 Å². The van der Waals surface area contributed by atoms with Gasteiger partial charge in [0.05, 0.1) is 5.56 Å². The molecule has 0 saturated heterocycles. The SMILES string of the molecule is CCNc1ccccc1-c1ccc(C)c(NC(=O)c2cncc(-c3ccccc3)c2)c1. The second-order valence-electron chi connectivity index (χ2n) is 7.39. The number of hydrogen-bond donors (Lipinski definition) is 2. The van der Waals surface area contributed by atoms with Crippen molar-refractivity contribution in [2.45, 2.75) is 13.8 Å². The average Bonchev–Trinajstić information content (AvgIpc) is 2.82. The van der Waals surface area contributed by atoms with Gasteiger partial charge in [-0.25, -0.2) is 0 Å². The summed E-state index contributed by atoms with van der Waals surface area (Å²) in [5.41, 5.74) is 7.50. The summed E-state index contributed by atoms with van der Waals surface area (Å²) in [5, 5.41) is 6.47. The van der Waals surface area contributed by atoms with E-state index in [-0.39, 0.29) is 5.91 Å². The van der Waals surface area contributed by atoms with Crippen LogP contribution in [0.3, 0.4) is 0 Å². The summed E-state index contributed by atoms with van der Waals surface area (Å²) in [5.74, 6) is -0.175. The van der Waals surface area contributed by atoms with Crippen molar-refractivity contribution in [1.82, 2.24) is 4.98 Å². The van der Waals surface area contributed by atoms with Crippen LogP contribution in [0.25, 0.3) is 22.3 Å². The second kappa shape index (κ2) is 9.26. The van der Waals surface area contributed by atoms with Gasteiger partial charge in [0.25, 0.3) is 5.91 Å². The largest absolute Gasteiger partial charge is 0.385 e. The Bertz CT molecular complexity index is 1200. The molecule has 1 amide bonds. The van der Waals surface area contributed by atoms with Crippen LogP contribution in [0.4, 0.5) is 11.4 Å². The molecule has 31 heavy (non-hydrogen) atoms. The molecule has 0 saturated carbocycles. The Balaban J connectivity index is 1.62. The molecular formula is C27H25N3O. The number of rotatable bonds is 6. The van der Waals surface area contributed by atoms with E-state index in [1.165, 1.54) is 0 Å². The maximum Gasteiger partial charge on any atom is 0.257 e. The Labute approximate surface area is 183 Å². The standard InChI is InChI=1S/C27H25N3O/c1-3-29-25-12-8-7-11-24(25)21-14-13-19(2)26(16-21)30-27(31)23-15-22(17-28-18-23)20-9-5-4-6-10-20/h4-18,29H,3H2,1-2H3,(H,30,31). The Kier molecular flexibility index (Phi) is 6.08. The first-order valence-corrected chi connectivity index (χ1v) is 10.4. The van der Waals surface area contributed by atoms with E-state index in [0.717, 1.165) is 45.7 Å². The zero-order valence-corrected chi connectivity index (χ0v) is 17.7. The molecule has 0 aliphatic heterocycles. The number of anilines is 2. The maximum atomic E-state index is 13.0. The fourth-order valence-electron chi connectivity index (χ4n) is 3.55. The highest BCUT2D eigenvalue weighted by atomic mass is 16.1. The molecule has 3 aromatic carbocycles. The molecule has 4 rings (SSSR count). The topological polar surface area (TPSA) is 54.0 Å². The molecular weight excluding hydrogens is 382 g/mol. The number of para-hydroxylation sites is 1. The van der Waals surface area contributed by atoms with Crippen LogP contribution in [0.5, 0.6) is 0 Å². The van der Waals surface area contributed by atoms with Crippen molar-refractivity contribution in [3.8, 4) is 22.3 Å². The van der Waals surface area contributed by atoms with Gasteiger partial charge in [0.15, 0.2) is 0 Å². The van der Waals surface area contributed by atoms with Gasteiger partial charge in [0.1, 0.15) is 0 Å². The van der Waals surface area contributed by atoms with Crippen LogP contribution >= 0.6 is 0 Å². The molecule has 2 N–H and O–H groups in total. The fourth-order valence-corrected chi connectivity index (χ4v) is 3.55. The summed E-state index contributed by atoms with van der Waals surface area (Å²) < 4.78 is 0. The zero-order chi connectivity index (χ0) is 21.6. The van der Waals surface area contributed by atoms with Gasteiger partial charge in [-0.05, 0) is 48.7 Å². The molecule has 0 aliphatic carbocycles. The van der Waals surface area contributed by atoms with E-state index in [9.17, 15) is 4.79 Å². The average molecular weight is 408 g/mol. The molecule has 0 radical (unpaired) electrons. The monoisotopic (exact) mass is 407 g/mol. The van der Waals surface area contributed by atoms with E-state index < -0.39 is 0 Å². The number of nitrogens with one attached hydrogen (secondary N) is 2. The van der Waals surface area contributed by atoms with E-state index in [2.05, 4.69) is 40.7 Å². The predicted molar refractivity (Wildman–Crippen MR) is 128 cm³/mol. The number of amides is 1. The highest BCUT2D eigenvalue weighted by molar-refractivity contribution is 6.05. The molecule has 154 valence electrons. The van der Waals surface area contributed by atoms with Gasteiger partial charge >= 0.3 is 0 Å². The van der Waals surface area contributed by atoms with Crippen molar-refractivity contribution in [2.24, 2.45) is 0 Å². The lowest BCUT2D eigenvalue weighted by Gasteiger charge is -2.14. The molecule has 4 aromatic rings. The summed E-state index contributed by atoms with van der Waals surface area (Å²) in [6.45, 7) is 4.92. The first-order chi connectivity index (χ1) is 15.2. The number of hydrogen-bond acceptors (Lipinski definition) is 3. The highest BCUT2D eigenvalue weighted by Gasteiger charge is 2.12. The van der Waals surface area contributed by atoms with Gasteiger partial charge in [-0.2, -0.15) is 0 Å². The van der Waals surface area contributed by atoms with Crippen LogP contribution in [0.2, 0.25) is 0 Å². The molecule has 0 atom stereocenters. The number of benzene rings is 3. The van der Waals surface area contributed by atoms with Gasteiger partial charge in [0, 0.05) is 41.4 Å². The molecule has 0 spiro atoms. The van der Waals surface area contributed by atoms with Crippen molar-refractivity contribution in [3.63, 3.8) is 0 Å². The van der Waals surface area contributed by atoms with Crippen LogP contribution in [0.1, 0.15) is 22.8 Å². The minimum absolute atomic E-state index is 0.175. The van der Waals surface area contributed by atoms with E-state index in [4.69, 9.17) is 0 Å².